The summed E-state index contributed by atoms with van der Waals surface area (Å²) in [6.07, 6.45) is 8.48. The summed E-state index contributed by atoms with van der Waals surface area (Å²) < 4.78 is 2.10. The van der Waals surface area contributed by atoms with Gasteiger partial charge in [0.05, 0.1) is 17.2 Å². The molecule has 0 aromatic carbocycles. The van der Waals surface area contributed by atoms with Crippen molar-refractivity contribution in [2.24, 2.45) is 12.8 Å². The first-order valence-electron chi connectivity index (χ1n) is 6.14. The van der Waals surface area contributed by atoms with Gasteiger partial charge in [0.2, 0.25) is 0 Å². The first-order valence-corrected chi connectivity index (χ1v) is 6.14. The maximum absolute atomic E-state index is 6.14. The zero-order valence-electron chi connectivity index (χ0n) is 10.4. The second-order valence-corrected chi connectivity index (χ2v) is 5.28. The molecule has 0 spiro atoms. The molecule has 90 valence electrons. The van der Waals surface area contributed by atoms with Gasteiger partial charge >= 0.3 is 0 Å². The number of nitrogens with zero attached hydrogens (tertiary/aromatic N) is 3. The van der Waals surface area contributed by atoms with Crippen molar-refractivity contribution in [3.63, 3.8) is 0 Å². The zero-order valence-corrected chi connectivity index (χ0v) is 10.4. The van der Waals surface area contributed by atoms with Crippen LogP contribution in [0.1, 0.15) is 30.7 Å². The molecule has 1 aliphatic rings. The number of hydrogen-bond donors (Lipinski definition) is 1. The van der Waals surface area contributed by atoms with Crippen molar-refractivity contribution in [3.05, 3.63) is 23.8 Å². The third kappa shape index (κ3) is 1.93. The Morgan fingerprint density at radius 1 is 1.47 bits per heavy atom. The van der Waals surface area contributed by atoms with Crippen molar-refractivity contribution in [3.8, 4) is 0 Å². The molecule has 4 nitrogen and oxygen atoms in total. The van der Waals surface area contributed by atoms with E-state index in [-0.39, 0.29) is 5.54 Å². The molecule has 0 atom stereocenters. The van der Waals surface area contributed by atoms with Gasteiger partial charge in [-0.3, -0.25) is 0 Å². The lowest BCUT2D eigenvalue weighted by Gasteiger charge is -2.06. The second kappa shape index (κ2) is 3.53. The minimum absolute atomic E-state index is 0.115. The average Bonchev–Trinajstić information content (AvgIpc) is 2.94. The van der Waals surface area contributed by atoms with Gasteiger partial charge in [0.1, 0.15) is 5.82 Å². The Morgan fingerprint density at radius 2 is 2.24 bits per heavy atom. The highest BCUT2D eigenvalue weighted by Gasteiger charge is 2.37. The van der Waals surface area contributed by atoms with Gasteiger partial charge in [-0.05, 0) is 38.2 Å². The summed E-state index contributed by atoms with van der Waals surface area (Å²) in [5, 5.41) is 0. The maximum Gasteiger partial charge on any atom is 0.126 e. The molecule has 2 N–H and O–H groups in total. The molecule has 0 radical (unpaired) electrons. The van der Waals surface area contributed by atoms with Crippen LogP contribution in [0.3, 0.4) is 0 Å². The number of aryl methyl sites for hydroxylation is 3. The highest BCUT2D eigenvalue weighted by Crippen LogP contribution is 2.37. The molecule has 0 bridgehead atoms. The van der Waals surface area contributed by atoms with Crippen LogP contribution in [-0.2, 0) is 13.5 Å². The minimum atomic E-state index is 0.115. The molecule has 3 rings (SSSR count). The Bertz CT molecular complexity index is 566. The van der Waals surface area contributed by atoms with Crippen LogP contribution in [0.4, 0.5) is 0 Å². The van der Waals surface area contributed by atoms with E-state index in [4.69, 9.17) is 5.73 Å². The molecule has 2 heterocycles. The molecule has 2 aromatic heterocycles. The SMILES string of the molecule is Cc1ncc2c(n1)c(CCC1(N)CC1)cn2C. The molecule has 0 saturated heterocycles. The molecule has 0 aliphatic heterocycles. The van der Waals surface area contributed by atoms with Gasteiger partial charge < -0.3 is 10.3 Å². The first-order chi connectivity index (χ1) is 8.07. The van der Waals surface area contributed by atoms with Gasteiger partial charge in [0.25, 0.3) is 0 Å². The fourth-order valence-corrected chi connectivity index (χ4v) is 2.30. The first kappa shape index (κ1) is 10.7. The minimum Gasteiger partial charge on any atom is -0.348 e. The Kier molecular flexibility index (Phi) is 2.23. The summed E-state index contributed by atoms with van der Waals surface area (Å²) in [4.78, 5) is 8.79. The Labute approximate surface area is 101 Å². The van der Waals surface area contributed by atoms with E-state index in [1.54, 1.807) is 0 Å². The van der Waals surface area contributed by atoms with E-state index in [9.17, 15) is 0 Å². The van der Waals surface area contributed by atoms with E-state index in [0.717, 1.165) is 29.7 Å². The van der Waals surface area contributed by atoms with E-state index < -0.39 is 0 Å². The van der Waals surface area contributed by atoms with Crippen molar-refractivity contribution >= 4 is 11.0 Å². The lowest BCUT2D eigenvalue weighted by atomic mass is 10.1. The molecule has 4 heteroatoms. The van der Waals surface area contributed by atoms with Crippen LogP contribution in [-0.4, -0.2) is 20.1 Å². The zero-order chi connectivity index (χ0) is 12.0. The summed E-state index contributed by atoms with van der Waals surface area (Å²) in [6, 6.07) is 0. The highest BCUT2D eigenvalue weighted by atomic mass is 15.0. The van der Waals surface area contributed by atoms with Crippen molar-refractivity contribution < 1.29 is 0 Å². The van der Waals surface area contributed by atoms with Crippen LogP contribution in [0.5, 0.6) is 0 Å². The van der Waals surface area contributed by atoms with Gasteiger partial charge in [0.15, 0.2) is 0 Å². The van der Waals surface area contributed by atoms with Gasteiger partial charge in [-0.15, -0.1) is 0 Å². The van der Waals surface area contributed by atoms with E-state index in [0.29, 0.717) is 0 Å². The number of aromatic nitrogens is 3. The maximum atomic E-state index is 6.14. The predicted molar refractivity (Wildman–Crippen MR) is 67.7 cm³/mol. The Hall–Kier alpha value is -1.42. The van der Waals surface area contributed by atoms with Crippen molar-refractivity contribution in [2.45, 2.75) is 38.1 Å². The molecule has 2 aromatic rings. The lowest BCUT2D eigenvalue weighted by molar-refractivity contribution is 0.609. The van der Waals surface area contributed by atoms with Crippen molar-refractivity contribution in [2.75, 3.05) is 0 Å². The van der Waals surface area contributed by atoms with Gasteiger partial charge in [-0.1, -0.05) is 0 Å². The normalized spacial score (nSPS) is 17.6. The standard InChI is InChI=1S/C13H18N4/c1-9-15-7-11-12(16-9)10(8-17(11)2)3-4-13(14)5-6-13/h7-8H,3-6,14H2,1-2H3. The van der Waals surface area contributed by atoms with Crippen molar-refractivity contribution in [1.82, 2.24) is 14.5 Å². The fraction of sp³-hybridized carbons (Fsp3) is 0.538. The van der Waals surface area contributed by atoms with Gasteiger partial charge in [-0.2, -0.15) is 0 Å². The van der Waals surface area contributed by atoms with E-state index in [1.165, 1.54) is 18.4 Å². The third-order valence-electron chi connectivity index (χ3n) is 3.71. The van der Waals surface area contributed by atoms with E-state index in [2.05, 4.69) is 20.7 Å². The largest absolute Gasteiger partial charge is 0.348 e. The van der Waals surface area contributed by atoms with Crippen LogP contribution in [0, 0.1) is 6.92 Å². The molecular formula is C13H18N4. The Balaban J connectivity index is 1.95. The molecular weight excluding hydrogens is 212 g/mol. The second-order valence-electron chi connectivity index (χ2n) is 5.28. The summed E-state index contributed by atoms with van der Waals surface area (Å²) in [7, 11) is 2.04. The quantitative estimate of drug-likeness (QED) is 0.873. The van der Waals surface area contributed by atoms with Crippen LogP contribution >= 0.6 is 0 Å². The third-order valence-corrected chi connectivity index (χ3v) is 3.71. The van der Waals surface area contributed by atoms with Crippen LogP contribution in [0.15, 0.2) is 12.4 Å². The summed E-state index contributed by atoms with van der Waals surface area (Å²) in [6.45, 7) is 1.93. The smallest absolute Gasteiger partial charge is 0.126 e. The van der Waals surface area contributed by atoms with Gasteiger partial charge in [-0.25, -0.2) is 9.97 Å². The number of rotatable bonds is 3. The topological polar surface area (TPSA) is 56.7 Å². The van der Waals surface area contributed by atoms with Crippen molar-refractivity contribution in [1.29, 1.82) is 0 Å². The molecule has 17 heavy (non-hydrogen) atoms. The van der Waals surface area contributed by atoms with E-state index >= 15 is 0 Å². The molecule has 1 fully saturated rings. The summed E-state index contributed by atoms with van der Waals surface area (Å²) >= 11 is 0. The predicted octanol–water partition coefficient (Wildman–Crippen LogP) is 1.70. The molecule has 1 aliphatic carbocycles. The highest BCUT2D eigenvalue weighted by molar-refractivity contribution is 5.78. The monoisotopic (exact) mass is 230 g/mol. The van der Waals surface area contributed by atoms with E-state index in [1.807, 2.05) is 20.2 Å². The number of nitrogens with two attached hydrogens (primary N) is 1. The molecule has 1 saturated carbocycles. The summed E-state index contributed by atoms with van der Waals surface area (Å²) in [5.74, 6) is 0.832. The van der Waals surface area contributed by atoms with Crippen LogP contribution < -0.4 is 5.73 Å². The van der Waals surface area contributed by atoms with Gasteiger partial charge in [0, 0.05) is 18.8 Å². The number of fused-ring (bicyclic) bond motifs is 1. The Morgan fingerprint density at radius 3 is 2.94 bits per heavy atom. The fourth-order valence-electron chi connectivity index (χ4n) is 2.30. The van der Waals surface area contributed by atoms with Crippen LogP contribution in [0.25, 0.3) is 11.0 Å². The summed E-state index contributed by atoms with van der Waals surface area (Å²) in [5.41, 5.74) is 9.74. The molecule has 0 amide bonds. The van der Waals surface area contributed by atoms with Crippen LogP contribution in [0.2, 0.25) is 0 Å². The number of hydrogen-bond acceptors (Lipinski definition) is 3. The average molecular weight is 230 g/mol. The molecule has 0 unspecified atom stereocenters. The lowest BCUT2D eigenvalue weighted by Crippen LogP contribution is -2.22.